The quantitative estimate of drug-likeness (QED) is 0.710. The second-order valence-corrected chi connectivity index (χ2v) is 9.42. The highest BCUT2D eigenvalue weighted by atomic mass is 32.2. The lowest BCUT2D eigenvalue weighted by Gasteiger charge is -2.33. The van der Waals surface area contributed by atoms with Gasteiger partial charge in [-0.1, -0.05) is 0 Å². The molecule has 1 aliphatic heterocycles. The SMILES string of the molecule is CCS(=O)(=O)N1CCN(S(=O)(=O)c2ccc(OC)c(OC)c2)CC1. The minimum Gasteiger partial charge on any atom is -0.493 e. The molecule has 1 aromatic carbocycles. The minimum absolute atomic E-state index is 0.00935. The van der Waals surface area contributed by atoms with Crippen molar-refractivity contribution in [3.8, 4) is 11.5 Å². The first-order valence-electron chi connectivity index (χ1n) is 7.46. The van der Waals surface area contributed by atoms with Gasteiger partial charge in [0, 0.05) is 32.2 Å². The Balaban J connectivity index is 2.21. The van der Waals surface area contributed by atoms with Crippen molar-refractivity contribution in [2.24, 2.45) is 0 Å². The van der Waals surface area contributed by atoms with E-state index in [9.17, 15) is 16.8 Å². The van der Waals surface area contributed by atoms with Gasteiger partial charge in [0.1, 0.15) is 0 Å². The van der Waals surface area contributed by atoms with E-state index < -0.39 is 20.0 Å². The van der Waals surface area contributed by atoms with Gasteiger partial charge in [-0.05, 0) is 19.1 Å². The second kappa shape index (κ2) is 7.26. The number of hydrogen-bond donors (Lipinski definition) is 0. The molecule has 0 N–H and O–H groups in total. The Hall–Kier alpha value is -1.36. The van der Waals surface area contributed by atoms with Crippen LogP contribution >= 0.6 is 0 Å². The third kappa shape index (κ3) is 3.66. The van der Waals surface area contributed by atoms with E-state index in [1.165, 1.54) is 41.0 Å². The Bertz CT molecular complexity index is 783. The van der Waals surface area contributed by atoms with Gasteiger partial charge in [0.05, 0.1) is 24.9 Å². The maximum Gasteiger partial charge on any atom is 0.243 e. The Morgan fingerprint density at radius 1 is 0.917 bits per heavy atom. The molecule has 0 amide bonds. The third-order valence-electron chi connectivity index (χ3n) is 3.95. The summed E-state index contributed by atoms with van der Waals surface area (Å²) in [6, 6.07) is 4.39. The van der Waals surface area contributed by atoms with E-state index in [0.717, 1.165) is 0 Å². The van der Waals surface area contributed by atoms with Crippen molar-refractivity contribution in [2.75, 3.05) is 46.2 Å². The summed E-state index contributed by atoms with van der Waals surface area (Å²) in [5.74, 6) is 0.774. The van der Waals surface area contributed by atoms with Crippen LogP contribution in [0.3, 0.4) is 0 Å². The Labute approximate surface area is 143 Å². The van der Waals surface area contributed by atoms with Crippen LogP contribution in [0.5, 0.6) is 11.5 Å². The van der Waals surface area contributed by atoms with Crippen LogP contribution in [0.2, 0.25) is 0 Å². The summed E-state index contributed by atoms with van der Waals surface area (Å²) in [6.07, 6.45) is 0. The van der Waals surface area contributed by atoms with Gasteiger partial charge in [-0.15, -0.1) is 0 Å². The van der Waals surface area contributed by atoms with E-state index in [1.807, 2.05) is 0 Å². The molecule has 0 unspecified atom stereocenters. The first-order chi connectivity index (χ1) is 11.3. The van der Waals surface area contributed by atoms with Crippen molar-refractivity contribution in [1.82, 2.24) is 8.61 Å². The second-order valence-electron chi connectivity index (χ2n) is 5.22. The maximum atomic E-state index is 12.7. The van der Waals surface area contributed by atoms with Crippen LogP contribution in [0.1, 0.15) is 6.92 Å². The van der Waals surface area contributed by atoms with Crippen LogP contribution in [0.25, 0.3) is 0 Å². The molecule has 0 spiro atoms. The van der Waals surface area contributed by atoms with E-state index in [0.29, 0.717) is 11.5 Å². The minimum atomic E-state index is -3.72. The average Bonchev–Trinajstić information content (AvgIpc) is 2.61. The Morgan fingerprint density at radius 3 is 1.96 bits per heavy atom. The molecule has 1 saturated heterocycles. The molecule has 8 nitrogen and oxygen atoms in total. The number of hydrogen-bond acceptors (Lipinski definition) is 6. The molecule has 0 bridgehead atoms. The molecule has 1 fully saturated rings. The molecule has 1 heterocycles. The van der Waals surface area contributed by atoms with Crippen molar-refractivity contribution in [3.63, 3.8) is 0 Å². The molecule has 24 heavy (non-hydrogen) atoms. The standard InChI is InChI=1S/C14H22N2O6S2/c1-4-23(17,18)15-7-9-16(10-8-15)24(19,20)12-5-6-13(21-2)14(11-12)22-3/h5-6,11H,4,7-10H2,1-3H3. The zero-order valence-electron chi connectivity index (χ0n) is 13.9. The molecule has 0 aliphatic carbocycles. The topological polar surface area (TPSA) is 93.2 Å². The summed E-state index contributed by atoms with van der Waals surface area (Å²) in [7, 11) is -4.11. The van der Waals surface area contributed by atoms with Gasteiger partial charge in [-0.2, -0.15) is 8.61 Å². The number of methoxy groups -OCH3 is 2. The summed E-state index contributed by atoms with van der Waals surface area (Å²) >= 11 is 0. The van der Waals surface area contributed by atoms with Gasteiger partial charge in [0.25, 0.3) is 0 Å². The molecule has 0 radical (unpaired) electrons. The van der Waals surface area contributed by atoms with Crippen LogP contribution in [0, 0.1) is 0 Å². The summed E-state index contributed by atoms with van der Waals surface area (Å²) < 4.78 is 62.1. The molecule has 2 rings (SSSR count). The lowest BCUT2D eigenvalue weighted by molar-refractivity contribution is 0.273. The van der Waals surface area contributed by atoms with Gasteiger partial charge in [0.2, 0.25) is 20.0 Å². The highest BCUT2D eigenvalue weighted by Gasteiger charge is 2.32. The molecule has 136 valence electrons. The van der Waals surface area contributed by atoms with Gasteiger partial charge >= 0.3 is 0 Å². The fourth-order valence-electron chi connectivity index (χ4n) is 2.50. The van der Waals surface area contributed by atoms with E-state index in [2.05, 4.69) is 0 Å². The van der Waals surface area contributed by atoms with Gasteiger partial charge < -0.3 is 9.47 Å². The first kappa shape index (κ1) is 19.0. The smallest absolute Gasteiger partial charge is 0.243 e. The zero-order valence-corrected chi connectivity index (χ0v) is 15.6. The monoisotopic (exact) mass is 378 g/mol. The number of rotatable bonds is 6. The number of benzene rings is 1. The summed E-state index contributed by atoms with van der Waals surface area (Å²) in [5.41, 5.74) is 0. The number of sulfonamides is 2. The Morgan fingerprint density at radius 2 is 1.46 bits per heavy atom. The van der Waals surface area contributed by atoms with Crippen molar-refractivity contribution < 1.29 is 26.3 Å². The Kier molecular flexibility index (Phi) is 5.74. The first-order valence-corrected chi connectivity index (χ1v) is 10.5. The fourth-order valence-corrected chi connectivity index (χ4v) is 5.02. The predicted octanol–water partition coefficient (Wildman–Crippen LogP) is 0.360. The van der Waals surface area contributed by atoms with E-state index >= 15 is 0 Å². The average molecular weight is 378 g/mol. The largest absolute Gasteiger partial charge is 0.493 e. The summed E-state index contributed by atoms with van der Waals surface area (Å²) in [5, 5.41) is 0. The third-order valence-corrected chi connectivity index (χ3v) is 7.72. The molecule has 0 aromatic heterocycles. The fraction of sp³-hybridized carbons (Fsp3) is 0.571. The van der Waals surface area contributed by atoms with E-state index in [1.54, 1.807) is 6.92 Å². The highest BCUT2D eigenvalue weighted by Crippen LogP contribution is 2.31. The van der Waals surface area contributed by atoms with Crippen LogP contribution in [0.15, 0.2) is 23.1 Å². The number of ether oxygens (including phenoxy) is 2. The van der Waals surface area contributed by atoms with Crippen LogP contribution in [-0.4, -0.2) is 71.6 Å². The van der Waals surface area contributed by atoms with Crippen LogP contribution in [-0.2, 0) is 20.0 Å². The number of piperazine rings is 1. The summed E-state index contributed by atoms with van der Waals surface area (Å²) in [4.78, 5) is 0.0898. The zero-order chi connectivity index (χ0) is 18.0. The van der Waals surface area contributed by atoms with Gasteiger partial charge in [-0.25, -0.2) is 16.8 Å². The van der Waals surface area contributed by atoms with Crippen LogP contribution in [0.4, 0.5) is 0 Å². The van der Waals surface area contributed by atoms with Gasteiger partial charge in [-0.3, -0.25) is 0 Å². The van der Waals surface area contributed by atoms with Crippen molar-refractivity contribution in [3.05, 3.63) is 18.2 Å². The molecule has 1 aliphatic rings. The summed E-state index contributed by atoms with van der Waals surface area (Å²) in [6.45, 7) is 2.12. The highest BCUT2D eigenvalue weighted by molar-refractivity contribution is 7.89. The lowest BCUT2D eigenvalue weighted by Crippen LogP contribution is -2.50. The number of nitrogens with zero attached hydrogens (tertiary/aromatic N) is 2. The van der Waals surface area contributed by atoms with E-state index in [-0.39, 0.29) is 36.8 Å². The van der Waals surface area contributed by atoms with Crippen molar-refractivity contribution in [1.29, 1.82) is 0 Å². The molecular weight excluding hydrogens is 356 g/mol. The lowest BCUT2D eigenvalue weighted by atomic mass is 10.3. The van der Waals surface area contributed by atoms with Crippen molar-refractivity contribution >= 4 is 20.0 Å². The predicted molar refractivity (Wildman–Crippen MR) is 89.3 cm³/mol. The molecule has 0 atom stereocenters. The van der Waals surface area contributed by atoms with E-state index in [4.69, 9.17) is 9.47 Å². The van der Waals surface area contributed by atoms with Crippen molar-refractivity contribution in [2.45, 2.75) is 11.8 Å². The van der Waals surface area contributed by atoms with Crippen LogP contribution < -0.4 is 9.47 Å². The molecular formula is C14H22N2O6S2. The van der Waals surface area contributed by atoms with Gasteiger partial charge in [0.15, 0.2) is 11.5 Å². The molecule has 0 saturated carbocycles. The molecule has 10 heteroatoms. The normalized spacial score (nSPS) is 17.6. The molecule has 1 aromatic rings. The maximum absolute atomic E-state index is 12.7.